The molecule has 2 rings (SSSR count). The maximum Gasteiger partial charge on any atom is 0.228 e. The molecule has 0 aromatic heterocycles. The van der Waals surface area contributed by atoms with Gasteiger partial charge >= 0.3 is 0 Å². The number of aromatic hydroxyl groups is 1. The minimum absolute atomic E-state index is 0.00378. The maximum absolute atomic E-state index is 12.4. The topological polar surface area (TPSA) is 86.7 Å². The summed E-state index contributed by atoms with van der Waals surface area (Å²) in [5.41, 5.74) is 0.350. The van der Waals surface area contributed by atoms with Crippen LogP contribution in [-0.4, -0.2) is 42.6 Å². The number of amides is 1. The molecule has 0 unspecified atom stereocenters. The minimum atomic E-state index is -3.29. The predicted octanol–water partition coefficient (Wildman–Crippen LogP) is 2.17. The van der Waals surface area contributed by atoms with E-state index >= 15 is 0 Å². The van der Waals surface area contributed by atoms with Gasteiger partial charge in [0.25, 0.3) is 0 Å². The number of phenolic OH excluding ortho intramolecular Hbond substituents is 1. The number of para-hydroxylation sites is 2. The first-order valence-electron chi connectivity index (χ1n) is 8.00. The zero-order valence-electron chi connectivity index (χ0n) is 13.4. The molecule has 1 atom stereocenters. The first kappa shape index (κ1) is 17.7. The molecule has 1 amide bonds. The third-order valence-corrected chi connectivity index (χ3v) is 5.99. The Bertz CT molecular complexity index is 645. The van der Waals surface area contributed by atoms with E-state index in [2.05, 4.69) is 5.32 Å². The molecular formula is C16H24N2O4S. The molecule has 1 heterocycles. The third-order valence-electron chi connectivity index (χ3n) is 4.07. The van der Waals surface area contributed by atoms with Crippen molar-refractivity contribution >= 4 is 21.6 Å². The fourth-order valence-electron chi connectivity index (χ4n) is 2.68. The van der Waals surface area contributed by atoms with Crippen LogP contribution in [-0.2, 0) is 14.8 Å². The zero-order chi connectivity index (χ0) is 16.9. The lowest BCUT2D eigenvalue weighted by Crippen LogP contribution is -2.44. The molecule has 7 heteroatoms. The van der Waals surface area contributed by atoms with Crippen LogP contribution in [0.2, 0.25) is 0 Å². The van der Waals surface area contributed by atoms with Gasteiger partial charge in [-0.25, -0.2) is 12.7 Å². The van der Waals surface area contributed by atoms with E-state index in [0.717, 1.165) is 6.42 Å². The molecule has 0 spiro atoms. The van der Waals surface area contributed by atoms with Crippen LogP contribution in [0.4, 0.5) is 5.69 Å². The van der Waals surface area contributed by atoms with Crippen LogP contribution < -0.4 is 5.32 Å². The quantitative estimate of drug-likeness (QED) is 0.777. The highest BCUT2D eigenvalue weighted by atomic mass is 32.2. The summed E-state index contributed by atoms with van der Waals surface area (Å²) in [5, 5.41) is 12.4. The van der Waals surface area contributed by atoms with E-state index in [0.29, 0.717) is 31.5 Å². The molecule has 1 aliphatic rings. The number of carbonyl (C=O) groups excluding carboxylic acids is 1. The smallest absolute Gasteiger partial charge is 0.228 e. The summed E-state index contributed by atoms with van der Waals surface area (Å²) >= 11 is 0. The number of nitrogens with zero attached hydrogens (tertiary/aromatic N) is 1. The molecular weight excluding hydrogens is 316 g/mol. The second-order valence-electron chi connectivity index (χ2n) is 5.87. The number of hydrogen-bond donors (Lipinski definition) is 2. The highest BCUT2D eigenvalue weighted by molar-refractivity contribution is 7.89. The Labute approximate surface area is 137 Å². The van der Waals surface area contributed by atoms with Gasteiger partial charge < -0.3 is 10.4 Å². The van der Waals surface area contributed by atoms with Crippen LogP contribution in [0.15, 0.2) is 24.3 Å². The van der Waals surface area contributed by atoms with Crippen molar-refractivity contribution in [2.24, 2.45) is 5.92 Å². The van der Waals surface area contributed by atoms with Gasteiger partial charge in [0.15, 0.2) is 0 Å². The largest absolute Gasteiger partial charge is 0.506 e. The summed E-state index contributed by atoms with van der Waals surface area (Å²) in [7, 11) is -3.29. The lowest BCUT2D eigenvalue weighted by atomic mass is 9.98. The van der Waals surface area contributed by atoms with Crippen molar-refractivity contribution in [2.75, 3.05) is 24.2 Å². The highest BCUT2D eigenvalue weighted by Gasteiger charge is 2.32. The SMILES string of the molecule is CCCCS(=O)(=O)N1CCC[C@@H](C(=O)Nc2ccccc2O)C1. The molecule has 1 aliphatic heterocycles. The average molecular weight is 340 g/mol. The van der Waals surface area contributed by atoms with Crippen molar-refractivity contribution in [1.29, 1.82) is 0 Å². The Hall–Kier alpha value is -1.60. The summed E-state index contributed by atoms with van der Waals surface area (Å²) in [6.07, 6.45) is 2.78. The summed E-state index contributed by atoms with van der Waals surface area (Å²) in [4.78, 5) is 12.4. The lowest BCUT2D eigenvalue weighted by molar-refractivity contribution is -0.120. The van der Waals surface area contributed by atoms with E-state index in [-0.39, 0.29) is 29.9 Å². The van der Waals surface area contributed by atoms with Gasteiger partial charge in [-0.1, -0.05) is 25.5 Å². The number of rotatable bonds is 6. The fraction of sp³-hybridized carbons (Fsp3) is 0.562. The van der Waals surface area contributed by atoms with E-state index in [1.165, 1.54) is 10.4 Å². The molecule has 128 valence electrons. The first-order valence-corrected chi connectivity index (χ1v) is 9.61. The van der Waals surface area contributed by atoms with Gasteiger partial charge in [-0.3, -0.25) is 4.79 Å². The van der Waals surface area contributed by atoms with Crippen molar-refractivity contribution in [3.63, 3.8) is 0 Å². The van der Waals surface area contributed by atoms with Crippen LogP contribution in [0.5, 0.6) is 5.75 Å². The fourth-order valence-corrected chi connectivity index (χ4v) is 4.41. The molecule has 0 bridgehead atoms. The maximum atomic E-state index is 12.4. The second-order valence-corrected chi connectivity index (χ2v) is 7.96. The third kappa shape index (κ3) is 4.68. The van der Waals surface area contributed by atoms with Crippen LogP contribution >= 0.6 is 0 Å². The first-order chi connectivity index (χ1) is 10.9. The summed E-state index contributed by atoms with van der Waals surface area (Å²) < 4.78 is 26.0. The Kier molecular flexibility index (Phi) is 6.01. The average Bonchev–Trinajstić information content (AvgIpc) is 2.55. The minimum Gasteiger partial charge on any atom is -0.506 e. The molecule has 6 nitrogen and oxygen atoms in total. The van der Waals surface area contributed by atoms with E-state index in [1.54, 1.807) is 18.2 Å². The zero-order valence-corrected chi connectivity index (χ0v) is 14.2. The number of hydrogen-bond acceptors (Lipinski definition) is 4. The number of phenols is 1. The van der Waals surface area contributed by atoms with Crippen molar-refractivity contribution < 1.29 is 18.3 Å². The number of unbranched alkanes of at least 4 members (excludes halogenated alkanes) is 1. The molecule has 1 aromatic carbocycles. The Morgan fingerprint density at radius 1 is 1.39 bits per heavy atom. The second kappa shape index (κ2) is 7.79. The van der Waals surface area contributed by atoms with E-state index in [1.807, 2.05) is 6.92 Å². The lowest BCUT2D eigenvalue weighted by Gasteiger charge is -2.31. The molecule has 1 aromatic rings. The van der Waals surface area contributed by atoms with Crippen molar-refractivity contribution in [1.82, 2.24) is 4.31 Å². The number of carbonyl (C=O) groups is 1. The van der Waals surface area contributed by atoms with Crippen LogP contribution in [0.3, 0.4) is 0 Å². The molecule has 1 fully saturated rings. The van der Waals surface area contributed by atoms with Gasteiger partial charge in [-0.2, -0.15) is 0 Å². The van der Waals surface area contributed by atoms with Crippen LogP contribution in [0, 0.1) is 5.92 Å². The number of benzene rings is 1. The van der Waals surface area contributed by atoms with Crippen molar-refractivity contribution in [3.8, 4) is 5.75 Å². The van der Waals surface area contributed by atoms with Gasteiger partial charge in [-0.05, 0) is 31.4 Å². The van der Waals surface area contributed by atoms with E-state index in [9.17, 15) is 18.3 Å². The Morgan fingerprint density at radius 3 is 2.83 bits per heavy atom. The Morgan fingerprint density at radius 2 is 2.13 bits per heavy atom. The van der Waals surface area contributed by atoms with Crippen molar-refractivity contribution in [2.45, 2.75) is 32.6 Å². The highest BCUT2D eigenvalue weighted by Crippen LogP contribution is 2.25. The predicted molar refractivity (Wildman–Crippen MR) is 89.7 cm³/mol. The van der Waals surface area contributed by atoms with Gasteiger partial charge in [0.2, 0.25) is 15.9 Å². The summed E-state index contributed by atoms with van der Waals surface area (Å²) in [6.45, 7) is 2.65. The molecule has 0 saturated carbocycles. The monoisotopic (exact) mass is 340 g/mol. The summed E-state index contributed by atoms with van der Waals surface area (Å²) in [6, 6.07) is 6.51. The normalized spacial score (nSPS) is 19.4. The van der Waals surface area contributed by atoms with Crippen LogP contribution in [0.1, 0.15) is 32.6 Å². The van der Waals surface area contributed by atoms with Gasteiger partial charge in [0, 0.05) is 13.1 Å². The Balaban J connectivity index is 2.00. The number of anilines is 1. The van der Waals surface area contributed by atoms with Gasteiger partial charge in [0.1, 0.15) is 5.75 Å². The molecule has 2 N–H and O–H groups in total. The van der Waals surface area contributed by atoms with Crippen molar-refractivity contribution in [3.05, 3.63) is 24.3 Å². The van der Waals surface area contributed by atoms with E-state index in [4.69, 9.17) is 0 Å². The molecule has 0 aliphatic carbocycles. The van der Waals surface area contributed by atoms with E-state index < -0.39 is 10.0 Å². The number of sulfonamides is 1. The standard InChI is InChI=1S/C16H24N2O4S/c1-2-3-11-23(21,22)18-10-6-7-13(12-18)16(20)17-14-8-4-5-9-15(14)19/h4-5,8-9,13,19H,2-3,6-7,10-12H2,1H3,(H,17,20)/t13-/m1/s1. The molecule has 23 heavy (non-hydrogen) atoms. The van der Waals surface area contributed by atoms with Gasteiger partial charge in [-0.15, -0.1) is 0 Å². The number of piperidine rings is 1. The summed E-state index contributed by atoms with van der Waals surface area (Å²) in [5.74, 6) is -0.497. The van der Waals surface area contributed by atoms with Crippen LogP contribution in [0.25, 0.3) is 0 Å². The van der Waals surface area contributed by atoms with Gasteiger partial charge in [0.05, 0.1) is 17.4 Å². The number of nitrogens with one attached hydrogen (secondary N) is 1. The molecule has 0 radical (unpaired) electrons. The molecule has 1 saturated heterocycles.